The molecule has 1 aliphatic carbocycles. The van der Waals surface area contributed by atoms with Crippen molar-refractivity contribution in [2.45, 2.75) is 45.6 Å². The first kappa shape index (κ1) is 19.0. The standard InChI is InChI=1S/C24H26N2OS/c1-17-12-14-19(15-13-17)16-22-23(27)26(21-11-7-6-8-18(21)2)24(28-22)25-20-9-4-3-5-10-20/h3-5,9-10,12-16,18,21H,6-8,11H2,1-2H3/b22-16-,25-24?/t18-,21-/m0/s1. The van der Waals surface area contributed by atoms with Crippen molar-refractivity contribution in [1.82, 2.24) is 4.90 Å². The smallest absolute Gasteiger partial charge is 0.267 e. The molecule has 1 saturated heterocycles. The van der Waals surface area contributed by atoms with E-state index in [2.05, 4.69) is 38.1 Å². The van der Waals surface area contributed by atoms with Crippen LogP contribution in [0.3, 0.4) is 0 Å². The molecule has 4 rings (SSSR count). The van der Waals surface area contributed by atoms with Crippen LogP contribution in [0.1, 0.15) is 43.7 Å². The molecule has 0 radical (unpaired) electrons. The second-order valence-corrected chi connectivity index (χ2v) is 8.76. The van der Waals surface area contributed by atoms with E-state index in [1.165, 1.54) is 36.6 Å². The number of benzene rings is 2. The Hall–Kier alpha value is -2.33. The molecule has 2 aromatic rings. The highest BCUT2D eigenvalue weighted by Gasteiger charge is 2.40. The van der Waals surface area contributed by atoms with Crippen LogP contribution < -0.4 is 0 Å². The third-order valence-corrected chi connectivity index (χ3v) is 6.57. The molecule has 1 amide bonds. The Kier molecular flexibility index (Phi) is 5.67. The third-order valence-electron chi connectivity index (χ3n) is 5.59. The molecule has 144 valence electrons. The molecule has 1 saturated carbocycles. The van der Waals surface area contributed by atoms with E-state index in [4.69, 9.17) is 4.99 Å². The minimum Gasteiger partial charge on any atom is -0.283 e. The van der Waals surface area contributed by atoms with Crippen molar-refractivity contribution in [3.8, 4) is 0 Å². The summed E-state index contributed by atoms with van der Waals surface area (Å²) < 4.78 is 0. The van der Waals surface area contributed by atoms with E-state index in [1.807, 2.05) is 41.3 Å². The summed E-state index contributed by atoms with van der Waals surface area (Å²) in [5.41, 5.74) is 3.17. The van der Waals surface area contributed by atoms with E-state index in [-0.39, 0.29) is 11.9 Å². The summed E-state index contributed by atoms with van der Waals surface area (Å²) in [6, 6.07) is 18.5. The van der Waals surface area contributed by atoms with Crippen molar-refractivity contribution in [1.29, 1.82) is 0 Å². The quantitative estimate of drug-likeness (QED) is 0.586. The fourth-order valence-corrected chi connectivity index (χ4v) is 5.01. The lowest BCUT2D eigenvalue weighted by molar-refractivity contribution is -0.124. The lowest BCUT2D eigenvalue weighted by Gasteiger charge is -2.35. The number of hydrogen-bond acceptors (Lipinski definition) is 3. The van der Waals surface area contributed by atoms with Gasteiger partial charge in [0.25, 0.3) is 5.91 Å². The van der Waals surface area contributed by atoms with E-state index < -0.39 is 0 Å². The number of rotatable bonds is 3. The van der Waals surface area contributed by atoms with Gasteiger partial charge in [0.2, 0.25) is 0 Å². The second-order valence-electron chi connectivity index (χ2n) is 7.76. The molecule has 0 aromatic heterocycles. The Morgan fingerprint density at radius 2 is 1.75 bits per heavy atom. The summed E-state index contributed by atoms with van der Waals surface area (Å²) in [6.45, 7) is 4.34. The highest BCUT2D eigenvalue weighted by atomic mass is 32.2. The maximum Gasteiger partial charge on any atom is 0.267 e. The molecule has 0 unspecified atom stereocenters. The maximum absolute atomic E-state index is 13.4. The molecule has 1 aliphatic heterocycles. The minimum atomic E-state index is 0.0963. The van der Waals surface area contributed by atoms with E-state index in [0.717, 1.165) is 27.7 Å². The lowest BCUT2D eigenvalue weighted by atomic mass is 9.85. The van der Waals surface area contributed by atoms with Gasteiger partial charge in [0, 0.05) is 6.04 Å². The summed E-state index contributed by atoms with van der Waals surface area (Å²) in [7, 11) is 0. The van der Waals surface area contributed by atoms with Crippen molar-refractivity contribution in [2.24, 2.45) is 10.9 Å². The molecule has 4 heteroatoms. The maximum atomic E-state index is 13.4. The predicted molar refractivity (Wildman–Crippen MR) is 119 cm³/mol. The Labute approximate surface area is 171 Å². The Bertz CT molecular complexity index is 902. The summed E-state index contributed by atoms with van der Waals surface area (Å²) in [5, 5.41) is 0.813. The SMILES string of the molecule is Cc1ccc(/C=C2\SC(=Nc3ccccc3)N([C@H]3CCCC[C@@H]3C)C2=O)cc1. The third kappa shape index (κ3) is 4.07. The monoisotopic (exact) mass is 390 g/mol. The molecule has 2 atom stereocenters. The second kappa shape index (κ2) is 8.36. The molecule has 3 nitrogen and oxygen atoms in total. The van der Waals surface area contributed by atoms with E-state index in [1.54, 1.807) is 0 Å². The average molecular weight is 391 g/mol. The first-order chi connectivity index (χ1) is 13.6. The zero-order chi connectivity index (χ0) is 19.5. The predicted octanol–water partition coefficient (Wildman–Crippen LogP) is 6.18. The molecule has 0 N–H and O–H groups in total. The summed E-state index contributed by atoms with van der Waals surface area (Å²) in [6.07, 6.45) is 6.66. The van der Waals surface area contributed by atoms with Crippen molar-refractivity contribution >= 4 is 34.6 Å². The number of hydrogen-bond donors (Lipinski definition) is 0. The zero-order valence-electron chi connectivity index (χ0n) is 16.5. The van der Waals surface area contributed by atoms with Gasteiger partial charge in [-0.1, -0.05) is 67.8 Å². The number of aliphatic imine (C=N–C) groups is 1. The van der Waals surface area contributed by atoms with Gasteiger partial charge in [-0.05, 0) is 61.2 Å². The van der Waals surface area contributed by atoms with Gasteiger partial charge in [-0.15, -0.1) is 0 Å². The summed E-state index contributed by atoms with van der Waals surface area (Å²) >= 11 is 1.50. The number of carbonyl (C=O) groups is 1. The van der Waals surface area contributed by atoms with Gasteiger partial charge in [0.1, 0.15) is 0 Å². The van der Waals surface area contributed by atoms with Crippen LogP contribution in [0.2, 0.25) is 0 Å². The van der Waals surface area contributed by atoms with Gasteiger partial charge in [-0.25, -0.2) is 4.99 Å². The highest BCUT2D eigenvalue weighted by molar-refractivity contribution is 8.18. The van der Waals surface area contributed by atoms with Crippen LogP contribution in [0.25, 0.3) is 6.08 Å². The van der Waals surface area contributed by atoms with Gasteiger partial charge in [-0.3, -0.25) is 9.69 Å². The van der Waals surface area contributed by atoms with Gasteiger partial charge in [-0.2, -0.15) is 0 Å². The van der Waals surface area contributed by atoms with Gasteiger partial charge < -0.3 is 0 Å². The fourth-order valence-electron chi connectivity index (χ4n) is 3.96. The largest absolute Gasteiger partial charge is 0.283 e. The first-order valence-corrected chi connectivity index (χ1v) is 10.9. The molecule has 0 bridgehead atoms. The molecular formula is C24H26N2OS. The Morgan fingerprint density at radius 3 is 2.46 bits per heavy atom. The zero-order valence-corrected chi connectivity index (χ0v) is 17.3. The fraction of sp³-hybridized carbons (Fsp3) is 0.333. The van der Waals surface area contributed by atoms with Crippen molar-refractivity contribution < 1.29 is 4.79 Å². The summed E-state index contributed by atoms with van der Waals surface area (Å²) in [5.74, 6) is 0.594. The highest BCUT2D eigenvalue weighted by Crippen LogP contribution is 2.40. The van der Waals surface area contributed by atoms with Crippen molar-refractivity contribution in [2.75, 3.05) is 0 Å². The normalized spacial score (nSPS) is 25.6. The number of aryl methyl sites for hydroxylation is 1. The van der Waals surface area contributed by atoms with Crippen LogP contribution >= 0.6 is 11.8 Å². The van der Waals surface area contributed by atoms with Crippen molar-refractivity contribution in [3.05, 3.63) is 70.6 Å². The van der Waals surface area contributed by atoms with Crippen LogP contribution in [0.15, 0.2) is 64.5 Å². The van der Waals surface area contributed by atoms with E-state index in [0.29, 0.717) is 5.92 Å². The van der Waals surface area contributed by atoms with Crippen LogP contribution in [0.5, 0.6) is 0 Å². The lowest BCUT2D eigenvalue weighted by Crippen LogP contribution is -2.44. The first-order valence-electron chi connectivity index (χ1n) is 10.1. The number of amidine groups is 1. The average Bonchev–Trinajstić information content (AvgIpc) is 3.00. The Morgan fingerprint density at radius 1 is 1.04 bits per heavy atom. The molecule has 2 fully saturated rings. The number of carbonyl (C=O) groups excluding carboxylic acids is 1. The van der Waals surface area contributed by atoms with E-state index in [9.17, 15) is 4.79 Å². The number of nitrogens with zero attached hydrogens (tertiary/aromatic N) is 2. The van der Waals surface area contributed by atoms with E-state index >= 15 is 0 Å². The van der Waals surface area contributed by atoms with Crippen molar-refractivity contribution in [3.63, 3.8) is 0 Å². The minimum absolute atomic E-state index is 0.0963. The number of thioether (sulfide) groups is 1. The van der Waals surface area contributed by atoms with Crippen LogP contribution in [0, 0.1) is 12.8 Å². The van der Waals surface area contributed by atoms with Crippen LogP contribution in [0.4, 0.5) is 5.69 Å². The van der Waals surface area contributed by atoms with Gasteiger partial charge in [0.05, 0.1) is 10.6 Å². The van der Waals surface area contributed by atoms with Gasteiger partial charge >= 0.3 is 0 Å². The molecule has 0 spiro atoms. The topological polar surface area (TPSA) is 32.7 Å². The van der Waals surface area contributed by atoms with Crippen LogP contribution in [-0.4, -0.2) is 22.0 Å². The Balaban J connectivity index is 1.71. The summed E-state index contributed by atoms with van der Waals surface area (Å²) in [4.78, 5) is 21.0. The van der Waals surface area contributed by atoms with Crippen LogP contribution in [-0.2, 0) is 4.79 Å². The molecular weight excluding hydrogens is 364 g/mol. The molecule has 28 heavy (non-hydrogen) atoms. The molecule has 2 aliphatic rings. The molecule has 2 aromatic carbocycles. The van der Waals surface area contributed by atoms with Gasteiger partial charge in [0.15, 0.2) is 5.17 Å². The number of para-hydroxylation sites is 1. The number of amides is 1. The molecule has 1 heterocycles.